The molecule has 0 saturated carbocycles. The molecule has 48 heavy (non-hydrogen) atoms. The van der Waals surface area contributed by atoms with Crippen LogP contribution in [-0.2, 0) is 23.1 Å². The van der Waals surface area contributed by atoms with Crippen molar-refractivity contribution in [3.05, 3.63) is 77.8 Å². The Balaban J connectivity index is 1.19. The topological polar surface area (TPSA) is 134 Å². The molecule has 2 aliphatic rings. The summed E-state index contributed by atoms with van der Waals surface area (Å²) >= 11 is 0. The average Bonchev–Trinajstić information content (AvgIpc) is 3.77. The van der Waals surface area contributed by atoms with Crippen LogP contribution in [0.25, 0.3) is 10.9 Å². The van der Waals surface area contributed by atoms with Gasteiger partial charge >= 0.3 is 6.09 Å². The summed E-state index contributed by atoms with van der Waals surface area (Å²) in [7, 11) is 3.40. The second-order valence-corrected chi connectivity index (χ2v) is 12.7. The fourth-order valence-electron chi connectivity index (χ4n) is 7.41. The van der Waals surface area contributed by atoms with Gasteiger partial charge in [0.2, 0.25) is 5.91 Å². The number of hydrogen-bond donors (Lipinski definition) is 3. The molecule has 2 fully saturated rings. The summed E-state index contributed by atoms with van der Waals surface area (Å²) < 4.78 is 24.2. The Labute approximate surface area is 278 Å². The fraction of sp³-hybridized carbons (Fsp3) is 0.429. The summed E-state index contributed by atoms with van der Waals surface area (Å²) in [5.74, 6) is -1.21. The van der Waals surface area contributed by atoms with Crippen LogP contribution in [0.1, 0.15) is 46.9 Å². The maximum atomic E-state index is 15.2. The number of likely N-dealkylation sites (tertiary alicyclic amines) is 1. The highest BCUT2D eigenvalue weighted by Crippen LogP contribution is 2.37. The van der Waals surface area contributed by atoms with E-state index < -0.39 is 18.1 Å². The van der Waals surface area contributed by atoms with E-state index in [4.69, 9.17) is 4.74 Å². The molecule has 2 aromatic carbocycles. The van der Waals surface area contributed by atoms with Crippen LogP contribution in [0.5, 0.6) is 0 Å². The van der Waals surface area contributed by atoms with Gasteiger partial charge in [-0.1, -0.05) is 12.1 Å². The number of carboxylic acid groups (broad SMARTS) is 1. The highest BCUT2D eigenvalue weighted by molar-refractivity contribution is 6.03. The monoisotopic (exact) mass is 659 g/mol. The van der Waals surface area contributed by atoms with Crippen molar-refractivity contribution in [2.24, 2.45) is 13.0 Å². The largest absolute Gasteiger partial charge is 0.465 e. The number of aromatic nitrogens is 3. The number of para-hydroxylation sites is 1. The number of amides is 3. The van der Waals surface area contributed by atoms with Gasteiger partial charge in [-0.05, 0) is 62.1 Å². The van der Waals surface area contributed by atoms with Crippen molar-refractivity contribution >= 4 is 40.2 Å². The predicted molar refractivity (Wildman–Crippen MR) is 180 cm³/mol. The molecule has 3 N–H and O–H groups in total. The number of nitrogens with one attached hydrogen (secondary N) is 2. The Morgan fingerprint density at radius 3 is 2.60 bits per heavy atom. The molecule has 3 atom stereocenters. The Hall–Kier alpha value is -4.91. The van der Waals surface area contributed by atoms with Crippen molar-refractivity contribution in [2.45, 2.75) is 44.7 Å². The van der Waals surface area contributed by atoms with Gasteiger partial charge in [0.25, 0.3) is 5.91 Å². The Morgan fingerprint density at radius 1 is 1.10 bits per heavy atom. The van der Waals surface area contributed by atoms with Gasteiger partial charge in [0, 0.05) is 81.9 Å². The quantitative estimate of drug-likeness (QED) is 0.212. The predicted octanol–water partition coefficient (Wildman–Crippen LogP) is 4.59. The normalized spacial score (nSPS) is 19.5. The number of rotatable bonds is 10. The van der Waals surface area contributed by atoms with E-state index >= 15 is 4.39 Å². The van der Waals surface area contributed by atoms with Crippen LogP contribution in [-0.4, -0.2) is 88.0 Å². The van der Waals surface area contributed by atoms with Gasteiger partial charge in [0.15, 0.2) is 0 Å². The lowest BCUT2D eigenvalue weighted by atomic mass is 9.90. The lowest BCUT2D eigenvalue weighted by Gasteiger charge is -2.36. The number of hydrogen-bond acceptors (Lipinski definition) is 6. The number of methoxy groups -OCH3 is 1. The minimum absolute atomic E-state index is 0.00883. The number of benzene rings is 2. The first-order valence-corrected chi connectivity index (χ1v) is 16.3. The summed E-state index contributed by atoms with van der Waals surface area (Å²) in [5.41, 5.74) is 4.51. The smallest absolute Gasteiger partial charge is 0.404 e. The van der Waals surface area contributed by atoms with Gasteiger partial charge in [-0.25, -0.2) is 14.2 Å². The number of halogens is 1. The molecular weight excluding hydrogens is 617 g/mol. The van der Waals surface area contributed by atoms with Crippen molar-refractivity contribution in [2.75, 3.05) is 50.1 Å². The lowest BCUT2D eigenvalue weighted by molar-refractivity contribution is -0.136. The molecule has 0 bridgehead atoms. The van der Waals surface area contributed by atoms with Crippen LogP contribution in [0, 0.1) is 18.7 Å². The fourth-order valence-corrected chi connectivity index (χ4v) is 7.41. The maximum absolute atomic E-state index is 15.2. The van der Waals surface area contributed by atoms with E-state index in [1.54, 1.807) is 43.3 Å². The number of aryl methyl sites for hydroxylation is 3. The molecular formula is C35H42FN7O5. The SMILES string of the molecule is COCCCn1c(C2CCCN(C(=O)[C@@H]3CN(c4ccc(NC(=O)c5cncn5C)cc4)C[C@H]3NC(=O)O)C2)c(C)c2cccc(F)c21. The van der Waals surface area contributed by atoms with E-state index in [0.29, 0.717) is 56.2 Å². The van der Waals surface area contributed by atoms with Crippen molar-refractivity contribution < 1.29 is 28.6 Å². The first-order valence-electron chi connectivity index (χ1n) is 16.3. The first-order chi connectivity index (χ1) is 23.2. The van der Waals surface area contributed by atoms with Gasteiger partial charge in [-0.2, -0.15) is 0 Å². The van der Waals surface area contributed by atoms with Crippen LogP contribution in [0.15, 0.2) is 55.0 Å². The number of piperidine rings is 1. The molecule has 0 radical (unpaired) electrons. The summed E-state index contributed by atoms with van der Waals surface area (Å²) in [6.45, 7) is 4.91. The molecule has 4 aromatic rings. The Kier molecular flexibility index (Phi) is 9.67. The third-order valence-corrected chi connectivity index (χ3v) is 9.67. The standard InChI is InChI=1S/C35H42FN7O5/c1-22-26-8-4-9-28(36)32(26)43(15-6-16-48-3)31(22)23-7-5-14-41(18-23)34(45)27-19-42(20-29(27)39-35(46)47)25-12-10-24(11-13-25)38-33(44)30-17-37-21-40(30)2/h4,8-13,17,21,23,27,29,39H,5-7,14-16,18-20H2,1-3H3,(H,38,44)(H,46,47)/t23?,27-,29-/m1/s1. The van der Waals surface area contributed by atoms with Crippen molar-refractivity contribution in [1.29, 1.82) is 0 Å². The summed E-state index contributed by atoms with van der Waals surface area (Å²) in [6, 6.07) is 11.8. The number of ether oxygens (including phenoxy) is 1. The van der Waals surface area contributed by atoms with E-state index in [-0.39, 0.29) is 23.5 Å². The zero-order valence-electron chi connectivity index (χ0n) is 27.5. The summed E-state index contributed by atoms with van der Waals surface area (Å²) in [5, 5.41) is 16.0. The van der Waals surface area contributed by atoms with E-state index in [2.05, 4.69) is 20.2 Å². The molecule has 6 rings (SSSR count). The molecule has 4 heterocycles. The van der Waals surface area contributed by atoms with Crippen LogP contribution >= 0.6 is 0 Å². The van der Waals surface area contributed by atoms with E-state index in [1.165, 1.54) is 12.3 Å². The van der Waals surface area contributed by atoms with E-state index in [9.17, 15) is 19.5 Å². The maximum Gasteiger partial charge on any atom is 0.404 e. The highest BCUT2D eigenvalue weighted by Gasteiger charge is 2.42. The lowest BCUT2D eigenvalue weighted by Crippen LogP contribution is -2.49. The Bertz CT molecular complexity index is 1800. The molecule has 1 unspecified atom stereocenters. The highest BCUT2D eigenvalue weighted by atomic mass is 19.1. The average molecular weight is 660 g/mol. The Morgan fingerprint density at radius 2 is 1.90 bits per heavy atom. The first kappa shape index (κ1) is 33.0. The van der Waals surface area contributed by atoms with Crippen LogP contribution in [0.4, 0.5) is 20.6 Å². The molecule has 254 valence electrons. The number of anilines is 2. The van der Waals surface area contributed by atoms with E-state index in [1.807, 2.05) is 34.9 Å². The second-order valence-electron chi connectivity index (χ2n) is 12.7. The molecule has 2 aliphatic heterocycles. The van der Waals surface area contributed by atoms with Crippen LogP contribution < -0.4 is 15.5 Å². The summed E-state index contributed by atoms with van der Waals surface area (Å²) in [4.78, 5) is 46.5. The van der Waals surface area contributed by atoms with Crippen molar-refractivity contribution in [1.82, 2.24) is 24.3 Å². The van der Waals surface area contributed by atoms with Gasteiger partial charge in [-0.3, -0.25) is 9.59 Å². The number of carbonyl (C=O) groups excluding carboxylic acids is 2. The third kappa shape index (κ3) is 6.59. The molecule has 0 spiro atoms. The van der Waals surface area contributed by atoms with Gasteiger partial charge < -0.3 is 39.4 Å². The molecule has 13 heteroatoms. The second kappa shape index (κ2) is 14.1. The molecule has 0 aliphatic carbocycles. The zero-order chi connectivity index (χ0) is 33.9. The van der Waals surface area contributed by atoms with Gasteiger partial charge in [-0.15, -0.1) is 0 Å². The number of imidazole rings is 1. The minimum atomic E-state index is -1.18. The number of fused-ring (bicyclic) bond motifs is 1. The third-order valence-electron chi connectivity index (χ3n) is 9.67. The molecule has 2 aromatic heterocycles. The number of nitrogens with zero attached hydrogens (tertiary/aromatic N) is 5. The van der Waals surface area contributed by atoms with E-state index in [0.717, 1.165) is 41.6 Å². The minimum Gasteiger partial charge on any atom is -0.465 e. The molecule has 12 nitrogen and oxygen atoms in total. The molecule has 2 saturated heterocycles. The summed E-state index contributed by atoms with van der Waals surface area (Å²) in [6.07, 6.45) is 4.26. The zero-order valence-corrected chi connectivity index (χ0v) is 27.5. The molecule has 3 amide bonds. The van der Waals surface area contributed by atoms with Gasteiger partial charge in [0.05, 0.1) is 30.0 Å². The van der Waals surface area contributed by atoms with Crippen LogP contribution in [0.3, 0.4) is 0 Å². The van der Waals surface area contributed by atoms with Crippen molar-refractivity contribution in [3.8, 4) is 0 Å². The van der Waals surface area contributed by atoms with Crippen LogP contribution in [0.2, 0.25) is 0 Å². The van der Waals surface area contributed by atoms with Crippen molar-refractivity contribution in [3.63, 3.8) is 0 Å². The van der Waals surface area contributed by atoms with Gasteiger partial charge in [0.1, 0.15) is 11.5 Å². The number of carbonyl (C=O) groups is 3.